The molecule has 0 N–H and O–H groups in total. The first kappa shape index (κ1) is 6.17. The summed E-state index contributed by atoms with van der Waals surface area (Å²) < 4.78 is 0. The molecule has 1 fully saturated rings. The van der Waals surface area contributed by atoms with E-state index in [0.717, 1.165) is 19.3 Å². The Kier molecular flexibility index (Phi) is 1.75. The van der Waals surface area contributed by atoms with Gasteiger partial charge < -0.3 is 0 Å². The minimum Gasteiger partial charge on any atom is -0.271 e. The zero-order valence-electron chi connectivity index (χ0n) is 4.96. The third-order valence-corrected chi connectivity index (χ3v) is 1.61. The monoisotopic (exact) mass is 125 g/mol. The third-order valence-electron chi connectivity index (χ3n) is 1.61. The van der Waals surface area contributed by atoms with E-state index in [4.69, 9.17) is 0 Å². The minimum atomic E-state index is -0.295. The van der Waals surface area contributed by atoms with Crippen LogP contribution in [0.5, 0.6) is 0 Å². The van der Waals surface area contributed by atoms with E-state index in [1.54, 1.807) is 0 Å². The van der Waals surface area contributed by atoms with Crippen molar-refractivity contribution in [1.29, 1.82) is 0 Å². The third kappa shape index (κ3) is 1.24. The van der Waals surface area contributed by atoms with Crippen LogP contribution in [0.2, 0.25) is 0 Å². The lowest BCUT2D eigenvalue weighted by molar-refractivity contribution is -0.123. The van der Waals surface area contributed by atoms with Crippen LogP contribution >= 0.6 is 0 Å². The summed E-state index contributed by atoms with van der Waals surface area (Å²) in [6.07, 6.45) is 4.12. The predicted octanol–water partition coefficient (Wildman–Crippen LogP) is 0.649. The number of aliphatic imine (C=N–C) groups is 1. The van der Waals surface area contributed by atoms with Gasteiger partial charge in [0.2, 0.25) is 6.08 Å². The van der Waals surface area contributed by atoms with Crippen LogP contribution < -0.4 is 0 Å². The van der Waals surface area contributed by atoms with Crippen LogP contribution in [-0.4, -0.2) is 12.0 Å². The zero-order valence-corrected chi connectivity index (χ0v) is 4.96. The van der Waals surface area contributed by atoms with E-state index in [1.807, 2.05) is 0 Å². The minimum absolute atomic E-state index is 0.0337. The molecule has 1 aliphatic rings. The Labute approximate surface area is 52.8 Å². The molecule has 48 valence electrons. The van der Waals surface area contributed by atoms with Crippen molar-refractivity contribution in [1.82, 2.24) is 0 Å². The Morgan fingerprint density at radius 2 is 2.22 bits per heavy atom. The average Bonchev–Trinajstić information content (AvgIpc) is 1.60. The van der Waals surface area contributed by atoms with Gasteiger partial charge in [-0.15, -0.1) is 4.99 Å². The van der Waals surface area contributed by atoms with Crippen molar-refractivity contribution in [3.05, 3.63) is 0 Å². The predicted molar refractivity (Wildman–Crippen MR) is 30.5 cm³/mol. The number of hydrogen-bond donors (Lipinski definition) is 0. The molecule has 0 heterocycles. The summed E-state index contributed by atoms with van der Waals surface area (Å²) in [5.41, 5.74) is 0. The number of hydrogen-bond acceptors (Lipinski definition) is 2. The normalized spacial score (nSPS) is 17.8. The van der Waals surface area contributed by atoms with E-state index < -0.39 is 0 Å². The van der Waals surface area contributed by atoms with Crippen molar-refractivity contribution in [2.75, 3.05) is 0 Å². The highest BCUT2D eigenvalue weighted by Gasteiger charge is 2.24. The van der Waals surface area contributed by atoms with Gasteiger partial charge in [0.15, 0.2) is 0 Å². The van der Waals surface area contributed by atoms with Crippen LogP contribution in [-0.2, 0) is 9.59 Å². The fourth-order valence-corrected chi connectivity index (χ4v) is 0.791. The fraction of sp³-hybridized carbons (Fsp3) is 0.667. The highest BCUT2D eigenvalue weighted by Crippen LogP contribution is 2.26. The lowest BCUT2D eigenvalue weighted by Gasteiger charge is -2.20. The van der Waals surface area contributed by atoms with Gasteiger partial charge in [0.1, 0.15) is 0 Å². The van der Waals surface area contributed by atoms with E-state index in [2.05, 4.69) is 4.99 Å². The van der Waals surface area contributed by atoms with Crippen molar-refractivity contribution in [3.63, 3.8) is 0 Å². The van der Waals surface area contributed by atoms with Crippen molar-refractivity contribution >= 4 is 12.0 Å². The molecule has 0 atom stereocenters. The zero-order chi connectivity index (χ0) is 6.69. The maximum Gasteiger partial charge on any atom is 0.259 e. The van der Waals surface area contributed by atoms with E-state index >= 15 is 0 Å². The molecule has 0 aromatic rings. The Morgan fingerprint density at radius 1 is 1.56 bits per heavy atom. The number of carbonyl (C=O) groups excluding carboxylic acids is 2. The molecule has 0 radical (unpaired) electrons. The second-order valence-corrected chi connectivity index (χ2v) is 2.17. The number of isocyanates is 1. The van der Waals surface area contributed by atoms with Crippen LogP contribution in [0.15, 0.2) is 4.99 Å². The van der Waals surface area contributed by atoms with E-state index in [0.29, 0.717) is 0 Å². The first-order valence-electron chi connectivity index (χ1n) is 2.96. The van der Waals surface area contributed by atoms with Crippen LogP contribution in [0.4, 0.5) is 0 Å². The second-order valence-electron chi connectivity index (χ2n) is 2.17. The molecule has 0 spiro atoms. The van der Waals surface area contributed by atoms with Crippen LogP contribution in [0.1, 0.15) is 19.3 Å². The van der Waals surface area contributed by atoms with E-state index in [-0.39, 0.29) is 11.8 Å². The van der Waals surface area contributed by atoms with Gasteiger partial charge in [-0.2, -0.15) is 0 Å². The van der Waals surface area contributed by atoms with Gasteiger partial charge in [0.25, 0.3) is 5.91 Å². The molecule has 0 aliphatic heterocycles. The van der Waals surface area contributed by atoms with E-state index in [9.17, 15) is 9.59 Å². The Bertz CT molecular complexity index is 166. The molecule has 0 unspecified atom stereocenters. The first-order valence-corrected chi connectivity index (χ1v) is 2.96. The van der Waals surface area contributed by atoms with Gasteiger partial charge in [-0.25, -0.2) is 4.79 Å². The summed E-state index contributed by atoms with van der Waals surface area (Å²) in [7, 11) is 0. The lowest BCUT2D eigenvalue weighted by atomic mass is 9.85. The quantitative estimate of drug-likeness (QED) is 0.381. The number of rotatable bonds is 1. The standard InChI is InChI=1S/C6H7NO2/c8-4-7-6(9)5-2-1-3-5/h5H,1-3H2. The molecular formula is C6H7NO2. The Hall–Kier alpha value is -0.950. The second kappa shape index (κ2) is 2.55. The van der Waals surface area contributed by atoms with Crippen LogP contribution in [0.3, 0.4) is 0 Å². The Balaban J connectivity index is 2.41. The van der Waals surface area contributed by atoms with Gasteiger partial charge in [-0.3, -0.25) is 4.79 Å². The summed E-state index contributed by atoms with van der Waals surface area (Å²) in [5, 5.41) is 0. The molecule has 1 amide bonds. The van der Waals surface area contributed by atoms with E-state index in [1.165, 1.54) is 6.08 Å². The van der Waals surface area contributed by atoms with Gasteiger partial charge in [0, 0.05) is 5.92 Å². The lowest BCUT2D eigenvalue weighted by Crippen LogP contribution is -2.19. The molecule has 0 aromatic heterocycles. The van der Waals surface area contributed by atoms with Crippen molar-refractivity contribution in [2.24, 2.45) is 10.9 Å². The van der Waals surface area contributed by atoms with Gasteiger partial charge in [-0.1, -0.05) is 6.42 Å². The topological polar surface area (TPSA) is 46.5 Å². The Morgan fingerprint density at radius 3 is 2.56 bits per heavy atom. The molecule has 0 saturated heterocycles. The maximum atomic E-state index is 10.6. The summed E-state index contributed by atoms with van der Waals surface area (Å²) >= 11 is 0. The molecule has 3 heteroatoms. The van der Waals surface area contributed by atoms with Crippen molar-refractivity contribution in [2.45, 2.75) is 19.3 Å². The molecule has 3 nitrogen and oxygen atoms in total. The largest absolute Gasteiger partial charge is 0.271 e. The molecule has 0 aromatic carbocycles. The van der Waals surface area contributed by atoms with Gasteiger partial charge in [0.05, 0.1) is 0 Å². The number of amides is 1. The van der Waals surface area contributed by atoms with Crippen LogP contribution in [0, 0.1) is 5.92 Å². The SMILES string of the molecule is O=C=NC(=O)C1CCC1. The maximum absolute atomic E-state index is 10.6. The van der Waals surface area contributed by atoms with Gasteiger partial charge in [-0.05, 0) is 12.8 Å². The first-order chi connectivity index (χ1) is 4.34. The highest BCUT2D eigenvalue weighted by molar-refractivity contribution is 5.84. The highest BCUT2D eigenvalue weighted by atomic mass is 16.2. The van der Waals surface area contributed by atoms with Crippen molar-refractivity contribution in [3.8, 4) is 0 Å². The summed E-state index contributed by atoms with van der Waals surface area (Å²) in [6.45, 7) is 0. The molecule has 0 bridgehead atoms. The molecule has 1 saturated carbocycles. The number of carbonyl (C=O) groups is 1. The smallest absolute Gasteiger partial charge is 0.259 e. The average molecular weight is 125 g/mol. The summed E-state index contributed by atoms with van der Waals surface area (Å²) in [5.74, 6) is -0.261. The molecule has 9 heavy (non-hydrogen) atoms. The molecule has 1 aliphatic carbocycles. The summed E-state index contributed by atoms with van der Waals surface area (Å²) in [4.78, 5) is 23.1. The van der Waals surface area contributed by atoms with Crippen molar-refractivity contribution < 1.29 is 9.59 Å². The summed E-state index contributed by atoms with van der Waals surface area (Å²) in [6, 6.07) is 0. The van der Waals surface area contributed by atoms with Crippen LogP contribution in [0.25, 0.3) is 0 Å². The van der Waals surface area contributed by atoms with Gasteiger partial charge >= 0.3 is 0 Å². The number of nitrogens with zero attached hydrogens (tertiary/aromatic N) is 1. The fourth-order valence-electron chi connectivity index (χ4n) is 0.791. The molecule has 1 rings (SSSR count). The molecular weight excluding hydrogens is 118 g/mol.